The van der Waals surface area contributed by atoms with Gasteiger partial charge >= 0.3 is 5.97 Å². The number of nitrogens with one attached hydrogen (secondary N) is 1. The highest BCUT2D eigenvalue weighted by atomic mass is 79.9. The van der Waals surface area contributed by atoms with Gasteiger partial charge in [0.2, 0.25) is 10.0 Å². The van der Waals surface area contributed by atoms with Gasteiger partial charge in [0.05, 0.1) is 10.5 Å². The third-order valence-corrected chi connectivity index (χ3v) is 4.67. The number of carbonyl (C=O) groups is 1. The quantitative estimate of drug-likeness (QED) is 0.796. The molecule has 0 radical (unpaired) electrons. The molecule has 21 heavy (non-hydrogen) atoms. The number of rotatable bonds is 5. The van der Waals surface area contributed by atoms with Crippen molar-refractivity contribution >= 4 is 31.9 Å². The summed E-state index contributed by atoms with van der Waals surface area (Å²) in [6, 6.07) is 5.53. The minimum atomic E-state index is -3.71. The fourth-order valence-electron chi connectivity index (χ4n) is 1.46. The third-order valence-electron chi connectivity index (χ3n) is 2.32. The lowest BCUT2D eigenvalue weighted by Crippen LogP contribution is -2.30. The molecule has 0 spiro atoms. The van der Waals surface area contributed by atoms with Crippen molar-refractivity contribution in [2.45, 2.75) is 37.8 Å². The van der Waals surface area contributed by atoms with Crippen LogP contribution in [0.4, 0.5) is 0 Å². The van der Waals surface area contributed by atoms with E-state index in [1.807, 2.05) is 0 Å². The number of nitriles is 1. The summed E-state index contributed by atoms with van der Waals surface area (Å²) in [6.45, 7) is 4.81. The fourth-order valence-corrected chi connectivity index (χ4v) is 3.14. The van der Waals surface area contributed by atoms with Crippen LogP contribution in [0.15, 0.2) is 27.6 Å². The number of ether oxygens (including phenoxy) is 1. The monoisotopic (exact) mass is 374 g/mol. The van der Waals surface area contributed by atoms with Crippen LogP contribution in [-0.2, 0) is 14.8 Å². The maximum Gasteiger partial charge on any atom is 0.340 e. The van der Waals surface area contributed by atoms with E-state index in [1.54, 1.807) is 19.9 Å². The number of nitrogens with zero attached hydrogens (tertiary/aromatic N) is 1. The molecular formula is C13H15BrN2O4S. The third kappa shape index (κ3) is 4.81. The minimum absolute atomic E-state index is 0.0451. The first kappa shape index (κ1) is 17.6. The van der Waals surface area contributed by atoms with Crippen LogP contribution < -0.4 is 4.72 Å². The smallest absolute Gasteiger partial charge is 0.340 e. The molecule has 1 rings (SSSR count). The van der Waals surface area contributed by atoms with E-state index >= 15 is 0 Å². The van der Waals surface area contributed by atoms with Crippen molar-refractivity contribution in [3.05, 3.63) is 28.2 Å². The number of benzene rings is 1. The number of sulfonamides is 1. The summed E-state index contributed by atoms with van der Waals surface area (Å²) < 4.78 is 31.8. The van der Waals surface area contributed by atoms with Crippen molar-refractivity contribution in [2.75, 3.05) is 0 Å². The predicted molar refractivity (Wildman–Crippen MR) is 80.1 cm³/mol. The van der Waals surface area contributed by atoms with E-state index in [9.17, 15) is 13.2 Å². The van der Waals surface area contributed by atoms with Gasteiger partial charge in [-0.1, -0.05) is 0 Å². The Morgan fingerprint density at radius 1 is 1.38 bits per heavy atom. The Morgan fingerprint density at radius 2 is 2.00 bits per heavy atom. The molecule has 0 aliphatic rings. The normalized spacial score (nSPS) is 12.8. The number of carbonyl (C=O) groups excluding carboxylic acids is 1. The summed E-state index contributed by atoms with van der Waals surface area (Å²) in [7, 11) is -3.71. The van der Waals surface area contributed by atoms with Crippen LogP contribution in [0.3, 0.4) is 0 Å². The fraction of sp³-hybridized carbons (Fsp3) is 0.385. The molecular weight excluding hydrogens is 360 g/mol. The first-order valence-electron chi connectivity index (χ1n) is 6.10. The van der Waals surface area contributed by atoms with Crippen molar-refractivity contribution in [2.24, 2.45) is 0 Å². The van der Waals surface area contributed by atoms with E-state index in [1.165, 1.54) is 25.1 Å². The summed E-state index contributed by atoms with van der Waals surface area (Å²) in [6.07, 6.45) is -0.918. The molecule has 0 fully saturated rings. The van der Waals surface area contributed by atoms with Crippen LogP contribution in [0.25, 0.3) is 0 Å². The predicted octanol–water partition coefficient (Wildman–Crippen LogP) is 2.20. The lowest BCUT2D eigenvalue weighted by molar-refractivity contribution is 0.0434. The molecule has 0 aliphatic carbocycles. The molecule has 0 aliphatic heterocycles. The summed E-state index contributed by atoms with van der Waals surface area (Å²) in [5.41, 5.74) is 0.0451. The number of hydrogen-bond donors (Lipinski definition) is 1. The highest BCUT2D eigenvalue weighted by Crippen LogP contribution is 2.22. The van der Waals surface area contributed by atoms with E-state index in [-0.39, 0.29) is 16.5 Å². The van der Waals surface area contributed by atoms with Crippen molar-refractivity contribution < 1.29 is 17.9 Å². The Hall–Kier alpha value is -1.43. The zero-order valence-corrected chi connectivity index (χ0v) is 14.2. The molecule has 0 aromatic heterocycles. The summed E-state index contributed by atoms with van der Waals surface area (Å²) in [5, 5.41) is 8.64. The van der Waals surface area contributed by atoms with Gasteiger partial charge in [-0.25, -0.2) is 17.9 Å². The van der Waals surface area contributed by atoms with E-state index in [4.69, 9.17) is 10.00 Å². The van der Waals surface area contributed by atoms with Gasteiger partial charge in [0.1, 0.15) is 6.07 Å². The molecule has 0 bridgehead atoms. The SMILES string of the molecule is CC(C)NS(=O)(=O)c1ccc(Br)c(C(=O)O[C@@H](C)C#N)c1. The van der Waals surface area contributed by atoms with E-state index in [2.05, 4.69) is 20.7 Å². The number of halogens is 1. The maximum absolute atomic E-state index is 12.1. The van der Waals surface area contributed by atoms with Gasteiger partial charge in [-0.3, -0.25) is 0 Å². The van der Waals surface area contributed by atoms with Gasteiger partial charge in [-0.15, -0.1) is 0 Å². The minimum Gasteiger partial charge on any atom is -0.444 e. The average Bonchev–Trinajstić information content (AvgIpc) is 2.37. The van der Waals surface area contributed by atoms with Gasteiger partial charge in [0, 0.05) is 10.5 Å². The highest BCUT2D eigenvalue weighted by molar-refractivity contribution is 9.10. The molecule has 114 valence electrons. The van der Waals surface area contributed by atoms with Crippen molar-refractivity contribution in [3.8, 4) is 6.07 Å². The Balaban J connectivity index is 3.17. The lowest BCUT2D eigenvalue weighted by Gasteiger charge is -2.12. The van der Waals surface area contributed by atoms with Crippen LogP contribution in [0, 0.1) is 11.3 Å². The maximum atomic E-state index is 12.1. The second-order valence-electron chi connectivity index (χ2n) is 4.59. The molecule has 6 nitrogen and oxygen atoms in total. The van der Waals surface area contributed by atoms with E-state index < -0.39 is 22.1 Å². The molecule has 1 N–H and O–H groups in total. The highest BCUT2D eigenvalue weighted by Gasteiger charge is 2.21. The number of hydrogen-bond acceptors (Lipinski definition) is 5. The van der Waals surface area contributed by atoms with E-state index in [0.717, 1.165) is 0 Å². The molecule has 1 atom stereocenters. The second-order valence-corrected chi connectivity index (χ2v) is 7.16. The Bertz CT molecular complexity index is 680. The molecule has 0 heterocycles. The molecule has 0 saturated carbocycles. The van der Waals surface area contributed by atoms with Gasteiger partial charge in [-0.05, 0) is 54.9 Å². The van der Waals surface area contributed by atoms with Gasteiger partial charge in [0.15, 0.2) is 6.10 Å². The van der Waals surface area contributed by atoms with Gasteiger partial charge in [0.25, 0.3) is 0 Å². The van der Waals surface area contributed by atoms with Crippen LogP contribution >= 0.6 is 15.9 Å². The van der Waals surface area contributed by atoms with Crippen molar-refractivity contribution in [1.29, 1.82) is 5.26 Å². The topological polar surface area (TPSA) is 96.3 Å². The molecule has 8 heteroatoms. The molecule has 0 amide bonds. The molecule has 1 aromatic rings. The largest absolute Gasteiger partial charge is 0.444 e. The Kier molecular flexibility index (Phi) is 5.89. The summed E-state index contributed by atoms with van der Waals surface area (Å²) >= 11 is 3.16. The number of esters is 1. The van der Waals surface area contributed by atoms with Crippen LogP contribution in [0.5, 0.6) is 0 Å². The van der Waals surface area contributed by atoms with E-state index in [0.29, 0.717) is 4.47 Å². The molecule has 1 aromatic carbocycles. The van der Waals surface area contributed by atoms with Crippen molar-refractivity contribution in [1.82, 2.24) is 4.72 Å². The van der Waals surface area contributed by atoms with Crippen LogP contribution in [0.2, 0.25) is 0 Å². The first-order valence-corrected chi connectivity index (χ1v) is 8.37. The average molecular weight is 375 g/mol. The standard InChI is InChI=1S/C13H15BrN2O4S/c1-8(2)16-21(18,19)10-4-5-12(14)11(6-10)13(17)20-9(3)7-15/h4-6,8-9,16H,1-3H3/t9-/m0/s1. The van der Waals surface area contributed by atoms with Crippen LogP contribution in [0.1, 0.15) is 31.1 Å². The van der Waals surface area contributed by atoms with Gasteiger partial charge < -0.3 is 4.74 Å². The molecule has 0 unspecified atom stereocenters. The van der Waals surface area contributed by atoms with Crippen LogP contribution in [-0.4, -0.2) is 26.5 Å². The summed E-state index contributed by atoms with van der Waals surface area (Å²) in [4.78, 5) is 11.9. The van der Waals surface area contributed by atoms with Gasteiger partial charge in [-0.2, -0.15) is 5.26 Å². The zero-order valence-electron chi connectivity index (χ0n) is 11.8. The summed E-state index contributed by atoms with van der Waals surface area (Å²) in [5.74, 6) is -0.766. The van der Waals surface area contributed by atoms with Crippen molar-refractivity contribution in [3.63, 3.8) is 0 Å². The Morgan fingerprint density at radius 3 is 2.52 bits per heavy atom. The Labute approximate surface area is 132 Å². The molecule has 0 saturated heterocycles. The lowest BCUT2D eigenvalue weighted by atomic mass is 10.2. The zero-order chi connectivity index (χ0) is 16.2. The first-order chi connectivity index (χ1) is 9.67. The second kappa shape index (κ2) is 7.02.